The Balaban J connectivity index is 2.01. The van der Waals surface area contributed by atoms with E-state index in [0.29, 0.717) is 16.5 Å². The van der Waals surface area contributed by atoms with Crippen LogP contribution in [0, 0.1) is 6.92 Å². The molecule has 0 saturated heterocycles. The molecule has 4 aromatic rings. The maximum atomic E-state index is 11.3. The minimum Gasteiger partial charge on any atom is -0.478 e. The number of aromatic nitrogens is 3. The number of rotatable bonds is 3. The molecule has 0 radical (unpaired) electrons. The van der Waals surface area contributed by atoms with Crippen LogP contribution < -0.4 is 4.90 Å². The number of carboxylic acid groups (broad SMARTS) is 1. The van der Waals surface area contributed by atoms with E-state index in [1.54, 1.807) is 18.2 Å². The highest BCUT2D eigenvalue weighted by molar-refractivity contribution is 6.30. The van der Waals surface area contributed by atoms with Crippen LogP contribution in [0.5, 0.6) is 0 Å². The molecule has 26 heavy (non-hydrogen) atoms. The number of hydrogen-bond donors (Lipinski definition) is 1. The molecule has 0 aliphatic rings. The summed E-state index contributed by atoms with van der Waals surface area (Å²) in [6, 6.07) is 12.3. The lowest BCUT2D eigenvalue weighted by Crippen LogP contribution is -2.15. The van der Waals surface area contributed by atoms with Gasteiger partial charge in [-0.3, -0.25) is 4.40 Å². The van der Waals surface area contributed by atoms with Gasteiger partial charge in [-0.1, -0.05) is 17.7 Å². The van der Waals surface area contributed by atoms with Crippen LogP contribution in [0.4, 0.5) is 11.6 Å². The van der Waals surface area contributed by atoms with Gasteiger partial charge in [-0.05, 0) is 43.3 Å². The first kappa shape index (κ1) is 16.4. The molecule has 0 spiro atoms. The Hall–Kier alpha value is -3.12. The summed E-state index contributed by atoms with van der Waals surface area (Å²) in [7, 11) is 1.88. The number of nitrogens with zero attached hydrogens (tertiary/aromatic N) is 4. The van der Waals surface area contributed by atoms with Crippen molar-refractivity contribution in [3.63, 3.8) is 0 Å². The van der Waals surface area contributed by atoms with Gasteiger partial charge in [0.1, 0.15) is 5.65 Å². The average Bonchev–Trinajstić information content (AvgIpc) is 3.01. The van der Waals surface area contributed by atoms with Gasteiger partial charge < -0.3 is 10.0 Å². The quantitative estimate of drug-likeness (QED) is 0.585. The van der Waals surface area contributed by atoms with Gasteiger partial charge in [0.05, 0.1) is 16.8 Å². The molecule has 2 aromatic carbocycles. The third kappa shape index (κ3) is 2.64. The molecule has 0 atom stereocenters. The highest BCUT2D eigenvalue weighted by Gasteiger charge is 2.16. The molecule has 2 aromatic heterocycles. The number of fused-ring (bicyclic) bond motifs is 3. The smallest absolute Gasteiger partial charge is 0.335 e. The summed E-state index contributed by atoms with van der Waals surface area (Å²) < 4.78 is 1.90. The Kier molecular flexibility index (Phi) is 3.77. The predicted molar refractivity (Wildman–Crippen MR) is 102 cm³/mol. The fourth-order valence-electron chi connectivity index (χ4n) is 2.98. The second kappa shape index (κ2) is 6.00. The highest BCUT2D eigenvalue weighted by atomic mass is 35.5. The molecule has 0 saturated carbocycles. The average molecular weight is 367 g/mol. The van der Waals surface area contributed by atoms with Crippen LogP contribution in [-0.2, 0) is 0 Å². The van der Waals surface area contributed by atoms with Crippen LogP contribution in [0.25, 0.3) is 16.6 Å². The second-order valence-electron chi connectivity index (χ2n) is 6.06. The topological polar surface area (TPSA) is 70.7 Å². The minimum atomic E-state index is -0.988. The Morgan fingerprint density at radius 1 is 1.19 bits per heavy atom. The van der Waals surface area contributed by atoms with Gasteiger partial charge >= 0.3 is 5.97 Å². The van der Waals surface area contributed by atoms with E-state index in [2.05, 4.69) is 4.98 Å². The van der Waals surface area contributed by atoms with Crippen LogP contribution in [0.15, 0.2) is 48.7 Å². The summed E-state index contributed by atoms with van der Waals surface area (Å²) in [6.07, 6.45) is 1.91. The lowest BCUT2D eigenvalue weighted by Gasteiger charge is -2.20. The molecule has 2 heterocycles. The first-order valence-corrected chi connectivity index (χ1v) is 8.34. The standard InChI is InChI=1S/C19H15ClN4O2/c1-11-10-24-17(21-11)15-7-6-12(18(25)26)8-16(15)22-19(24)23(2)14-5-3-4-13(20)9-14/h3-10H,1-2H3,(H,25,26). The lowest BCUT2D eigenvalue weighted by atomic mass is 10.1. The van der Waals surface area contributed by atoms with Crippen molar-refractivity contribution in [1.29, 1.82) is 0 Å². The minimum absolute atomic E-state index is 0.189. The predicted octanol–water partition coefficient (Wildman–Crippen LogP) is 4.31. The monoisotopic (exact) mass is 366 g/mol. The van der Waals surface area contributed by atoms with Crippen molar-refractivity contribution in [2.24, 2.45) is 0 Å². The number of aromatic carboxylic acids is 1. The van der Waals surface area contributed by atoms with E-state index in [1.807, 2.05) is 53.7 Å². The van der Waals surface area contributed by atoms with Gasteiger partial charge in [-0.15, -0.1) is 0 Å². The second-order valence-corrected chi connectivity index (χ2v) is 6.50. The Labute approximate surface area is 154 Å². The molecule has 6 nitrogen and oxygen atoms in total. The van der Waals surface area contributed by atoms with Crippen molar-refractivity contribution in [1.82, 2.24) is 14.4 Å². The van der Waals surface area contributed by atoms with Gasteiger partial charge in [-0.2, -0.15) is 0 Å². The van der Waals surface area contributed by atoms with E-state index >= 15 is 0 Å². The van der Waals surface area contributed by atoms with Crippen molar-refractivity contribution in [2.75, 3.05) is 11.9 Å². The van der Waals surface area contributed by atoms with Crippen LogP contribution in [0.2, 0.25) is 5.02 Å². The summed E-state index contributed by atoms with van der Waals surface area (Å²) >= 11 is 6.12. The fraction of sp³-hybridized carbons (Fsp3) is 0.105. The Morgan fingerprint density at radius 2 is 2.00 bits per heavy atom. The van der Waals surface area contributed by atoms with Crippen LogP contribution in [0.1, 0.15) is 16.1 Å². The SMILES string of the molecule is Cc1cn2c(N(C)c3cccc(Cl)c3)nc3cc(C(=O)O)ccc3c2n1. The Morgan fingerprint density at radius 3 is 2.73 bits per heavy atom. The number of aryl methyl sites for hydroxylation is 1. The molecular formula is C19H15ClN4O2. The lowest BCUT2D eigenvalue weighted by molar-refractivity contribution is 0.0697. The number of carboxylic acids is 1. The summed E-state index contributed by atoms with van der Waals surface area (Å²) in [5.41, 5.74) is 3.21. The van der Waals surface area contributed by atoms with Crippen molar-refractivity contribution >= 4 is 45.8 Å². The largest absolute Gasteiger partial charge is 0.478 e. The van der Waals surface area contributed by atoms with E-state index in [0.717, 1.165) is 22.4 Å². The molecular weight excluding hydrogens is 352 g/mol. The number of hydrogen-bond acceptors (Lipinski definition) is 4. The normalized spacial score (nSPS) is 11.2. The molecule has 0 bridgehead atoms. The molecule has 0 aliphatic heterocycles. The zero-order valence-corrected chi connectivity index (χ0v) is 14.9. The highest BCUT2D eigenvalue weighted by Crippen LogP contribution is 2.29. The van der Waals surface area contributed by atoms with Crippen molar-refractivity contribution in [2.45, 2.75) is 6.92 Å². The maximum Gasteiger partial charge on any atom is 0.335 e. The molecule has 0 unspecified atom stereocenters. The molecule has 0 amide bonds. The van der Waals surface area contributed by atoms with Crippen LogP contribution >= 0.6 is 11.6 Å². The van der Waals surface area contributed by atoms with Crippen LogP contribution in [0.3, 0.4) is 0 Å². The third-order valence-corrected chi connectivity index (χ3v) is 4.48. The number of carbonyl (C=O) groups is 1. The van der Waals surface area contributed by atoms with Gasteiger partial charge in [0.15, 0.2) is 0 Å². The third-order valence-electron chi connectivity index (χ3n) is 4.24. The van der Waals surface area contributed by atoms with Gasteiger partial charge in [0.25, 0.3) is 0 Å². The van der Waals surface area contributed by atoms with E-state index in [1.165, 1.54) is 0 Å². The summed E-state index contributed by atoms with van der Waals surface area (Å²) in [5.74, 6) is -0.365. The van der Waals surface area contributed by atoms with E-state index < -0.39 is 5.97 Å². The number of halogens is 1. The zero-order chi connectivity index (χ0) is 18.4. The van der Waals surface area contributed by atoms with E-state index in [9.17, 15) is 9.90 Å². The van der Waals surface area contributed by atoms with Crippen molar-refractivity contribution in [3.8, 4) is 0 Å². The van der Waals surface area contributed by atoms with Crippen LogP contribution in [-0.4, -0.2) is 32.5 Å². The summed E-state index contributed by atoms with van der Waals surface area (Å²) in [4.78, 5) is 22.5. The molecule has 0 aliphatic carbocycles. The molecule has 7 heteroatoms. The molecule has 4 rings (SSSR count). The number of imidazole rings is 1. The van der Waals surface area contributed by atoms with Crippen molar-refractivity contribution < 1.29 is 9.90 Å². The molecule has 0 fully saturated rings. The fourth-order valence-corrected chi connectivity index (χ4v) is 3.17. The summed E-state index contributed by atoms with van der Waals surface area (Å²) in [6.45, 7) is 1.91. The van der Waals surface area contributed by atoms with Gasteiger partial charge in [-0.25, -0.2) is 14.8 Å². The summed E-state index contributed by atoms with van der Waals surface area (Å²) in [5, 5.41) is 10.7. The molecule has 1 N–H and O–H groups in total. The van der Waals surface area contributed by atoms with Gasteiger partial charge in [0, 0.05) is 29.3 Å². The molecule has 130 valence electrons. The number of benzene rings is 2. The van der Waals surface area contributed by atoms with E-state index in [-0.39, 0.29) is 5.56 Å². The van der Waals surface area contributed by atoms with Crippen molar-refractivity contribution in [3.05, 3.63) is 64.9 Å². The van der Waals surface area contributed by atoms with E-state index in [4.69, 9.17) is 16.6 Å². The first-order valence-electron chi connectivity index (χ1n) is 7.96. The Bertz CT molecular complexity index is 1170. The maximum absolute atomic E-state index is 11.3. The zero-order valence-electron chi connectivity index (χ0n) is 14.1. The first-order chi connectivity index (χ1) is 12.4. The van der Waals surface area contributed by atoms with Gasteiger partial charge in [0.2, 0.25) is 5.95 Å². The number of anilines is 2.